The van der Waals surface area contributed by atoms with Gasteiger partial charge in [-0.15, -0.1) is 0 Å². The van der Waals surface area contributed by atoms with E-state index in [4.69, 9.17) is 16.0 Å². The molecule has 0 saturated heterocycles. The fourth-order valence-electron chi connectivity index (χ4n) is 1.87. The van der Waals surface area contributed by atoms with Gasteiger partial charge >= 0.3 is 0 Å². The second-order valence-electron chi connectivity index (χ2n) is 3.98. The van der Waals surface area contributed by atoms with Gasteiger partial charge in [0.1, 0.15) is 11.6 Å². The van der Waals surface area contributed by atoms with Gasteiger partial charge in [0.15, 0.2) is 0 Å². The van der Waals surface area contributed by atoms with Crippen molar-refractivity contribution in [2.75, 3.05) is 7.05 Å². The number of halogens is 3. The summed E-state index contributed by atoms with van der Waals surface area (Å²) in [4.78, 5) is 0. The SMILES string of the molecule is CNC(c1cc(Cl)c(Br)cc1F)c1occc1C. The molecule has 0 amide bonds. The molecule has 1 aromatic heterocycles. The van der Waals surface area contributed by atoms with Crippen LogP contribution in [0.3, 0.4) is 0 Å². The number of furan rings is 1. The number of nitrogens with one attached hydrogen (secondary N) is 1. The Kier molecular flexibility index (Phi) is 4.10. The van der Waals surface area contributed by atoms with E-state index in [0.717, 1.165) is 5.56 Å². The summed E-state index contributed by atoms with van der Waals surface area (Å²) < 4.78 is 20.0. The van der Waals surface area contributed by atoms with Crippen LogP contribution in [-0.4, -0.2) is 7.05 Å². The Bertz CT molecular complexity index is 570. The number of rotatable bonds is 3. The lowest BCUT2D eigenvalue weighted by atomic mass is 10.0. The van der Waals surface area contributed by atoms with Crippen LogP contribution in [0.15, 0.2) is 33.4 Å². The molecule has 2 aromatic rings. The Labute approximate surface area is 118 Å². The molecule has 1 atom stereocenters. The van der Waals surface area contributed by atoms with Gasteiger partial charge in [0.2, 0.25) is 0 Å². The fraction of sp³-hybridized carbons (Fsp3) is 0.231. The number of hydrogen-bond acceptors (Lipinski definition) is 2. The lowest BCUT2D eigenvalue weighted by Crippen LogP contribution is -2.19. The predicted molar refractivity (Wildman–Crippen MR) is 73.5 cm³/mol. The Morgan fingerprint density at radius 1 is 1.44 bits per heavy atom. The monoisotopic (exact) mass is 331 g/mol. The molecule has 0 aliphatic carbocycles. The molecule has 2 rings (SSSR count). The molecule has 5 heteroatoms. The average molecular weight is 333 g/mol. The lowest BCUT2D eigenvalue weighted by molar-refractivity contribution is 0.450. The lowest BCUT2D eigenvalue weighted by Gasteiger charge is -2.17. The van der Waals surface area contributed by atoms with Crippen LogP contribution >= 0.6 is 27.5 Å². The minimum absolute atomic E-state index is 0.332. The first-order valence-electron chi connectivity index (χ1n) is 5.40. The van der Waals surface area contributed by atoms with Crippen LogP contribution < -0.4 is 5.32 Å². The number of aryl methyl sites for hydroxylation is 1. The van der Waals surface area contributed by atoms with Gasteiger partial charge < -0.3 is 9.73 Å². The molecule has 18 heavy (non-hydrogen) atoms. The minimum atomic E-state index is -0.356. The number of benzene rings is 1. The first-order valence-corrected chi connectivity index (χ1v) is 6.57. The molecule has 1 unspecified atom stereocenters. The molecule has 1 heterocycles. The summed E-state index contributed by atoms with van der Waals surface area (Å²) in [7, 11) is 1.75. The van der Waals surface area contributed by atoms with Gasteiger partial charge in [-0.2, -0.15) is 0 Å². The molecule has 0 fully saturated rings. The molecule has 1 aromatic carbocycles. The van der Waals surface area contributed by atoms with Gasteiger partial charge in [-0.3, -0.25) is 0 Å². The maximum absolute atomic E-state index is 14.0. The summed E-state index contributed by atoms with van der Waals surface area (Å²) in [6.45, 7) is 1.92. The highest BCUT2D eigenvalue weighted by Crippen LogP contribution is 2.32. The highest BCUT2D eigenvalue weighted by molar-refractivity contribution is 9.10. The maximum Gasteiger partial charge on any atom is 0.129 e. The third-order valence-electron chi connectivity index (χ3n) is 2.80. The molecule has 2 nitrogen and oxygen atoms in total. The molecular formula is C13H12BrClFNO. The van der Waals surface area contributed by atoms with Gasteiger partial charge in [-0.05, 0) is 53.7 Å². The molecule has 96 valence electrons. The molecule has 0 aliphatic heterocycles. The van der Waals surface area contributed by atoms with Crippen LogP contribution in [0, 0.1) is 12.7 Å². The normalized spacial score (nSPS) is 12.7. The molecule has 0 saturated carbocycles. The van der Waals surface area contributed by atoms with Crippen molar-refractivity contribution in [2.24, 2.45) is 0 Å². The summed E-state index contributed by atoms with van der Waals surface area (Å²) >= 11 is 9.21. The summed E-state index contributed by atoms with van der Waals surface area (Å²) in [6, 6.07) is 4.45. The van der Waals surface area contributed by atoms with E-state index in [9.17, 15) is 4.39 Å². The summed E-state index contributed by atoms with van der Waals surface area (Å²) in [5, 5.41) is 3.51. The Morgan fingerprint density at radius 3 is 2.72 bits per heavy atom. The van der Waals surface area contributed by atoms with Gasteiger partial charge in [0, 0.05) is 10.0 Å². The van der Waals surface area contributed by atoms with Crippen LogP contribution in [0.5, 0.6) is 0 Å². The predicted octanol–water partition coefficient (Wildman–Crippen LogP) is 4.45. The molecule has 0 spiro atoms. The van der Waals surface area contributed by atoms with E-state index >= 15 is 0 Å². The Morgan fingerprint density at radius 2 is 2.17 bits per heavy atom. The van der Waals surface area contributed by atoms with Crippen molar-refractivity contribution in [2.45, 2.75) is 13.0 Å². The standard InChI is InChI=1S/C13H12BrClFNO/c1-7-3-4-18-13(7)12(17-2)8-5-10(15)9(14)6-11(8)16/h3-6,12,17H,1-2H3. The van der Waals surface area contributed by atoms with Crippen LogP contribution in [0.1, 0.15) is 22.9 Å². The van der Waals surface area contributed by atoms with Crippen molar-refractivity contribution in [1.82, 2.24) is 5.32 Å². The highest BCUT2D eigenvalue weighted by Gasteiger charge is 2.22. The summed E-state index contributed by atoms with van der Waals surface area (Å²) in [6.07, 6.45) is 1.59. The van der Waals surface area contributed by atoms with Crippen molar-refractivity contribution < 1.29 is 8.81 Å². The van der Waals surface area contributed by atoms with Crippen molar-refractivity contribution in [1.29, 1.82) is 0 Å². The van der Waals surface area contributed by atoms with E-state index in [1.165, 1.54) is 6.07 Å². The van der Waals surface area contributed by atoms with Gasteiger partial charge in [-0.25, -0.2) is 4.39 Å². The van der Waals surface area contributed by atoms with Gasteiger partial charge in [-0.1, -0.05) is 11.6 Å². The smallest absolute Gasteiger partial charge is 0.129 e. The highest BCUT2D eigenvalue weighted by atomic mass is 79.9. The summed E-state index contributed by atoms with van der Waals surface area (Å²) in [5.41, 5.74) is 1.43. The van der Waals surface area contributed by atoms with Crippen molar-refractivity contribution in [3.8, 4) is 0 Å². The van der Waals surface area contributed by atoms with Crippen molar-refractivity contribution >= 4 is 27.5 Å². The first-order chi connectivity index (χ1) is 8.54. The van der Waals surface area contributed by atoms with Crippen molar-refractivity contribution in [3.05, 3.63) is 56.7 Å². The van der Waals surface area contributed by atoms with Gasteiger partial charge in [0.05, 0.1) is 17.3 Å². The Balaban J connectivity index is 2.52. The van der Waals surface area contributed by atoms with Crippen LogP contribution in [-0.2, 0) is 0 Å². The van der Waals surface area contributed by atoms with Crippen LogP contribution in [0.25, 0.3) is 0 Å². The molecule has 1 N–H and O–H groups in total. The second-order valence-corrected chi connectivity index (χ2v) is 5.24. The summed E-state index contributed by atoms with van der Waals surface area (Å²) in [5.74, 6) is 0.358. The molecule has 0 radical (unpaired) electrons. The topological polar surface area (TPSA) is 25.2 Å². The zero-order chi connectivity index (χ0) is 13.3. The molecular weight excluding hydrogens is 321 g/mol. The van der Waals surface area contributed by atoms with E-state index in [-0.39, 0.29) is 11.9 Å². The maximum atomic E-state index is 14.0. The molecule has 0 aliphatic rings. The third-order valence-corrected chi connectivity index (χ3v) is 4.00. The van der Waals surface area contributed by atoms with E-state index in [1.807, 2.05) is 13.0 Å². The van der Waals surface area contributed by atoms with E-state index < -0.39 is 0 Å². The largest absolute Gasteiger partial charge is 0.467 e. The van der Waals surface area contributed by atoms with Crippen molar-refractivity contribution in [3.63, 3.8) is 0 Å². The van der Waals surface area contributed by atoms with E-state index in [1.54, 1.807) is 19.4 Å². The van der Waals surface area contributed by atoms with E-state index in [2.05, 4.69) is 21.2 Å². The first kappa shape index (κ1) is 13.6. The Hall–Kier alpha value is -0.840. The number of hydrogen-bond donors (Lipinski definition) is 1. The van der Waals surface area contributed by atoms with Gasteiger partial charge in [0.25, 0.3) is 0 Å². The average Bonchev–Trinajstić information content (AvgIpc) is 2.73. The quantitative estimate of drug-likeness (QED) is 0.840. The van der Waals surface area contributed by atoms with Crippen LogP contribution in [0.2, 0.25) is 5.02 Å². The zero-order valence-electron chi connectivity index (χ0n) is 9.93. The van der Waals surface area contributed by atoms with E-state index in [0.29, 0.717) is 20.8 Å². The minimum Gasteiger partial charge on any atom is -0.467 e. The van der Waals surface area contributed by atoms with Crippen LogP contribution in [0.4, 0.5) is 4.39 Å². The third kappa shape index (κ3) is 2.46. The molecule has 0 bridgehead atoms. The zero-order valence-corrected chi connectivity index (χ0v) is 12.3. The second kappa shape index (κ2) is 5.43. The fourth-order valence-corrected chi connectivity index (χ4v) is 2.35.